The SMILES string of the molecule is CC/C=C\C/C=C\C/C=C\C/C=C\CCCCCCCCCCCCCCCCCCCCCCCCCCCCC(=O)NC(COC1OC(CO)C(OC2OC(CO)C(O)C(O)C2O)C(O)C1O)C(O)/C=C/CCC. The number of carbonyl (C=O) groups is 1. The van der Waals surface area contributed by atoms with Crippen molar-refractivity contribution in [2.75, 3.05) is 19.8 Å². The van der Waals surface area contributed by atoms with Crippen molar-refractivity contribution in [2.45, 2.75) is 306 Å². The minimum absolute atomic E-state index is 0.249. The van der Waals surface area contributed by atoms with E-state index in [1.807, 2.05) is 13.0 Å². The van der Waals surface area contributed by atoms with E-state index in [1.165, 1.54) is 148 Å². The highest BCUT2D eigenvalue weighted by Crippen LogP contribution is 2.30. The maximum atomic E-state index is 13.0. The molecule has 0 aromatic carbocycles. The molecule has 0 bridgehead atoms. The van der Waals surface area contributed by atoms with Gasteiger partial charge < -0.3 is 65.1 Å². The first-order chi connectivity index (χ1) is 37.1. The summed E-state index contributed by atoms with van der Waals surface area (Å²) in [5, 5.41) is 86.0. The van der Waals surface area contributed by atoms with Crippen molar-refractivity contribution in [3.8, 4) is 0 Å². The van der Waals surface area contributed by atoms with Crippen molar-refractivity contribution in [2.24, 2.45) is 0 Å². The van der Waals surface area contributed by atoms with E-state index in [1.54, 1.807) is 6.08 Å². The van der Waals surface area contributed by atoms with Crippen LogP contribution >= 0.6 is 0 Å². The maximum Gasteiger partial charge on any atom is 0.220 e. The number of ether oxygens (including phenoxy) is 4. The van der Waals surface area contributed by atoms with Gasteiger partial charge in [0.15, 0.2) is 12.6 Å². The zero-order valence-electron chi connectivity index (χ0n) is 47.5. The molecule has 2 aliphatic heterocycles. The summed E-state index contributed by atoms with van der Waals surface area (Å²) in [6.45, 7) is 2.45. The molecule has 0 radical (unpaired) electrons. The fourth-order valence-corrected chi connectivity index (χ4v) is 9.82. The minimum atomic E-state index is -1.79. The first-order valence-corrected chi connectivity index (χ1v) is 30.5. The molecule has 12 unspecified atom stereocenters. The van der Waals surface area contributed by atoms with Crippen molar-refractivity contribution < 1.29 is 64.6 Å². The molecular weight excluding hydrogens is 967 g/mol. The Labute approximate surface area is 460 Å². The van der Waals surface area contributed by atoms with Crippen LogP contribution in [0.2, 0.25) is 0 Å². The Morgan fingerprint density at radius 2 is 0.908 bits per heavy atom. The Balaban J connectivity index is 1.43. The Kier molecular flexibility index (Phi) is 43.6. The highest BCUT2D eigenvalue weighted by Gasteiger charge is 2.51. The van der Waals surface area contributed by atoms with E-state index in [2.05, 4.69) is 60.8 Å². The van der Waals surface area contributed by atoms with Gasteiger partial charge in [-0.1, -0.05) is 235 Å². The molecule has 12 atom stereocenters. The van der Waals surface area contributed by atoms with Crippen molar-refractivity contribution in [1.82, 2.24) is 5.32 Å². The van der Waals surface area contributed by atoms with E-state index in [9.17, 15) is 45.6 Å². The molecule has 442 valence electrons. The summed E-state index contributed by atoms with van der Waals surface area (Å²) in [6.07, 6.45) is 45.8. The van der Waals surface area contributed by atoms with E-state index in [0.29, 0.717) is 6.42 Å². The number of unbranched alkanes of at least 4 members (excludes halogenated alkanes) is 27. The quantitative estimate of drug-likeness (QED) is 0.0204. The average Bonchev–Trinajstić information content (AvgIpc) is 3.42. The molecule has 2 heterocycles. The lowest BCUT2D eigenvalue weighted by atomic mass is 9.97. The summed E-state index contributed by atoms with van der Waals surface area (Å²) in [7, 11) is 0. The van der Waals surface area contributed by atoms with E-state index in [-0.39, 0.29) is 18.9 Å². The second-order valence-corrected chi connectivity index (χ2v) is 21.5. The molecule has 9 N–H and O–H groups in total. The molecule has 0 aliphatic carbocycles. The number of hydrogen-bond acceptors (Lipinski definition) is 13. The van der Waals surface area contributed by atoms with E-state index in [4.69, 9.17) is 18.9 Å². The molecule has 0 saturated carbocycles. The fourth-order valence-electron chi connectivity index (χ4n) is 9.82. The highest BCUT2D eigenvalue weighted by molar-refractivity contribution is 5.76. The Morgan fingerprint density at radius 3 is 1.37 bits per heavy atom. The van der Waals surface area contributed by atoms with Crippen molar-refractivity contribution >= 4 is 5.91 Å². The molecule has 14 heteroatoms. The number of hydrogen-bond donors (Lipinski definition) is 9. The van der Waals surface area contributed by atoms with Crippen LogP contribution < -0.4 is 5.32 Å². The van der Waals surface area contributed by atoms with Gasteiger partial charge in [0.2, 0.25) is 5.91 Å². The zero-order valence-corrected chi connectivity index (χ0v) is 47.5. The van der Waals surface area contributed by atoms with Crippen LogP contribution in [0.4, 0.5) is 0 Å². The van der Waals surface area contributed by atoms with Crippen molar-refractivity contribution in [3.63, 3.8) is 0 Å². The summed E-state index contributed by atoms with van der Waals surface area (Å²) in [5.74, 6) is -0.249. The second-order valence-electron chi connectivity index (χ2n) is 21.5. The number of allylic oxidation sites excluding steroid dienone is 9. The van der Waals surface area contributed by atoms with E-state index >= 15 is 0 Å². The second kappa shape index (κ2) is 47.5. The predicted molar refractivity (Wildman–Crippen MR) is 304 cm³/mol. The zero-order chi connectivity index (χ0) is 55.3. The summed E-state index contributed by atoms with van der Waals surface area (Å²) >= 11 is 0. The summed E-state index contributed by atoms with van der Waals surface area (Å²) in [5.41, 5.74) is 0. The van der Waals surface area contributed by atoms with E-state index in [0.717, 1.165) is 57.8 Å². The highest BCUT2D eigenvalue weighted by atomic mass is 16.7. The number of carbonyl (C=O) groups excluding carboxylic acids is 1. The monoisotopic (exact) mass is 1080 g/mol. The lowest BCUT2D eigenvalue weighted by Crippen LogP contribution is -2.65. The van der Waals surface area contributed by atoms with Crippen LogP contribution in [0.1, 0.15) is 232 Å². The van der Waals surface area contributed by atoms with Gasteiger partial charge in [0.1, 0.15) is 48.8 Å². The van der Waals surface area contributed by atoms with Crippen molar-refractivity contribution in [1.29, 1.82) is 0 Å². The smallest absolute Gasteiger partial charge is 0.220 e. The van der Waals surface area contributed by atoms with Gasteiger partial charge >= 0.3 is 0 Å². The Bertz CT molecular complexity index is 1510. The molecule has 2 rings (SSSR count). The van der Waals surface area contributed by atoms with E-state index < -0.39 is 86.8 Å². The van der Waals surface area contributed by atoms with Crippen molar-refractivity contribution in [3.05, 3.63) is 60.8 Å². The van der Waals surface area contributed by atoms with Gasteiger partial charge in [-0.3, -0.25) is 4.79 Å². The van der Waals surface area contributed by atoms with Gasteiger partial charge in [-0.05, 0) is 51.4 Å². The fraction of sp³-hybridized carbons (Fsp3) is 0.823. The van der Waals surface area contributed by atoms with Gasteiger partial charge in [-0.25, -0.2) is 0 Å². The lowest BCUT2D eigenvalue weighted by Gasteiger charge is -2.46. The first-order valence-electron chi connectivity index (χ1n) is 30.5. The molecule has 0 aromatic heterocycles. The molecule has 0 aromatic rings. The molecule has 2 fully saturated rings. The standard InChI is InChI=1S/C62H111NO13/c1-3-5-7-8-9-10-11-12-13-14-15-16-17-18-19-20-21-22-23-24-25-26-27-28-29-30-31-32-33-34-35-36-37-38-39-40-41-42-44-46-54(67)63-50(51(66)45-43-6-4-2)49-73-61-59(72)57(70)60(53(48-65)75-61)76-62-58(71)56(69)55(68)52(47-64)74-62/h5,7,9-10,12-13,15-16,43,45,50-53,55-62,64-66,68-72H,3-4,6,8,11,14,17-42,44,46-49H2,1-2H3,(H,63,67)/b7-5-,10-9-,13-12-,16-15-,45-43+. The van der Waals surface area contributed by atoms with Crippen LogP contribution in [0, 0.1) is 0 Å². The Hall–Kier alpha value is -2.31. The molecule has 2 aliphatic rings. The lowest BCUT2D eigenvalue weighted by molar-refractivity contribution is -0.359. The van der Waals surface area contributed by atoms with Crippen LogP contribution in [0.25, 0.3) is 0 Å². The largest absolute Gasteiger partial charge is 0.394 e. The van der Waals surface area contributed by atoms with Gasteiger partial charge in [-0.15, -0.1) is 0 Å². The summed E-state index contributed by atoms with van der Waals surface area (Å²) in [4.78, 5) is 13.0. The third-order valence-electron chi connectivity index (χ3n) is 14.7. The number of aliphatic hydroxyl groups is 8. The Morgan fingerprint density at radius 1 is 0.487 bits per heavy atom. The minimum Gasteiger partial charge on any atom is -0.394 e. The normalized spacial score (nSPS) is 25.3. The van der Waals surface area contributed by atoms with Gasteiger partial charge in [0, 0.05) is 6.42 Å². The number of aliphatic hydroxyl groups excluding tert-OH is 8. The number of amides is 1. The maximum absolute atomic E-state index is 13.0. The van der Waals surface area contributed by atoms with Crippen LogP contribution in [-0.2, 0) is 23.7 Å². The van der Waals surface area contributed by atoms with Gasteiger partial charge in [-0.2, -0.15) is 0 Å². The first kappa shape index (κ1) is 69.8. The van der Waals surface area contributed by atoms with Gasteiger partial charge in [0.05, 0.1) is 32.0 Å². The third kappa shape index (κ3) is 32.7. The van der Waals surface area contributed by atoms with Crippen LogP contribution in [0.5, 0.6) is 0 Å². The molecule has 76 heavy (non-hydrogen) atoms. The topological polar surface area (TPSA) is 228 Å². The molecule has 2 saturated heterocycles. The molecule has 1 amide bonds. The van der Waals surface area contributed by atoms with Crippen LogP contribution in [0.3, 0.4) is 0 Å². The number of nitrogens with one attached hydrogen (secondary N) is 1. The third-order valence-corrected chi connectivity index (χ3v) is 14.7. The van der Waals surface area contributed by atoms with Gasteiger partial charge in [0.25, 0.3) is 0 Å². The summed E-state index contributed by atoms with van der Waals surface area (Å²) < 4.78 is 22.5. The average molecular weight is 1080 g/mol. The molecule has 14 nitrogen and oxygen atoms in total. The molecular formula is C62H111NO13. The molecule has 0 spiro atoms. The number of rotatable bonds is 48. The van der Waals surface area contributed by atoms with Crippen LogP contribution in [-0.4, -0.2) is 140 Å². The van der Waals surface area contributed by atoms with Crippen LogP contribution in [0.15, 0.2) is 60.8 Å². The predicted octanol–water partition coefficient (Wildman–Crippen LogP) is 10.6. The summed E-state index contributed by atoms with van der Waals surface area (Å²) in [6, 6.07) is -0.909.